The van der Waals surface area contributed by atoms with E-state index in [9.17, 15) is 37.9 Å². The van der Waals surface area contributed by atoms with Gasteiger partial charge in [0.1, 0.15) is 36.8 Å². The molecule has 0 radical (unpaired) electrons. The molecule has 0 bridgehead atoms. The number of rotatable bonds is 37. The van der Waals surface area contributed by atoms with Crippen LogP contribution in [0, 0.1) is 0 Å². The zero-order valence-electron chi connectivity index (χ0n) is 36.8. The highest BCUT2D eigenvalue weighted by atomic mass is 32.2. The van der Waals surface area contributed by atoms with Gasteiger partial charge in [-0.15, -0.1) is 0 Å². The summed E-state index contributed by atoms with van der Waals surface area (Å²) in [5.74, 6) is -2.04. The quantitative estimate of drug-likeness (QED) is 0.0201. The van der Waals surface area contributed by atoms with Crippen LogP contribution in [0.2, 0.25) is 0 Å². The summed E-state index contributed by atoms with van der Waals surface area (Å²) in [6.07, 6.45) is 35.5. The van der Waals surface area contributed by atoms with Crippen molar-refractivity contribution in [3.8, 4) is 0 Å². The molecule has 1 rings (SSSR count). The lowest BCUT2D eigenvalue weighted by molar-refractivity contribution is -0.297. The van der Waals surface area contributed by atoms with Gasteiger partial charge >= 0.3 is 11.9 Å². The van der Waals surface area contributed by atoms with Crippen LogP contribution < -0.4 is 0 Å². The van der Waals surface area contributed by atoms with Crippen molar-refractivity contribution < 1.29 is 56.8 Å². The summed E-state index contributed by atoms with van der Waals surface area (Å²) >= 11 is 0. The molecule has 4 N–H and O–H groups in total. The number of esters is 2. The first-order valence-corrected chi connectivity index (χ1v) is 24.5. The van der Waals surface area contributed by atoms with Gasteiger partial charge in [0, 0.05) is 12.8 Å². The van der Waals surface area contributed by atoms with Gasteiger partial charge in [0.25, 0.3) is 10.1 Å². The van der Waals surface area contributed by atoms with Crippen molar-refractivity contribution in [3.63, 3.8) is 0 Å². The van der Waals surface area contributed by atoms with E-state index in [0.29, 0.717) is 12.8 Å². The minimum Gasteiger partial charge on any atom is -0.462 e. The fraction of sp³-hybridized carbons (Fsp3) is 0.745. The van der Waals surface area contributed by atoms with Gasteiger partial charge in [0.2, 0.25) is 0 Å². The minimum atomic E-state index is -4.61. The number of carbonyl (C=O) groups is 2. The number of aliphatic hydroxyl groups is 3. The van der Waals surface area contributed by atoms with E-state index in [1.807, 2.05) is 0 Å². The predicted molar refractivity (Wildman–Crippen MR) is 238 cm³/mol. The Hall–Kier alpha value is -2.65. The number of unbranched alkanes of at least 4 members (excludes halogenated alkanes) is 15. The SMILES string of the molecule is CC/C=C/C/C=C/C/C=C/C/C=C/CCCCC(=O)OC[C@H](CO[C@H]1O[C@H](CS(=O)(=O)O)[C@@H](O)C(O)C1O)OC(=O)CCCCCCCCCCC/C=C/CCCCCC. The molecule has 0 aromatic rings. The zero-order valence-corrected chi connectivity index (χ0v) is 37.6. The number of ether oxygens (including phenoxy) is 4. The summed E-state index contributed by atoms with van der Waals surface area (Å²) < 4.78 is 54.0. The second-order valence-corrected chi connectivity index (χ2v) is 17.2. The maximum atomic E-state index is 12.8. The lowest BCUT2D eigenvalue weighted by Crippen LogP contribution is -2.60. The van der Waals surface area contributed by atoms with E-state index in [-0.39, 0.29) is 19.4 Å². The van der Waals surface area contributed by atoms with Gasteiger partial charge in [-0.1, -0.05) is 139 Å². The van der Waals surface area contributed by atoms with E-state index < -0.39 is 71.2 Å². The Morgan fingerprint density at radius 3 is 1.62 bits per heavy atom. The molecule has 0 saturated carbocycles. The zero-order chi connectivity index (χ0) is 44.1. The van der Waals surface area contributed by atoms with Crippen molar-refractivity contribution >= 4 is 22.1 Å². The standard InChI is InChI=1S/C47H80O12S/c1-3-5-7-9-11-13-15-17-19-20-22-24-26-28-30-32-34-36-43(49)58-40(38-57-47-46(52)45(51)44(50)41(59-47)39-60(53,54)55)37-56-42(48)35-33-31-29-27-25-23-21-18-16-14-12-10-8-6-4-2/h6,8,12-15,18,21,25,27,40-41,44-47,50-52H,3-5,7,9-11,16-17,19-20,22-24,26,28-39H2,1-2H3,(H,53,54,55)/b8-6+,14-12+,15-13+,21-18+,27-25+/t40-,41-,44-,45?,46?,47+/m1/s1. The van der Waals surface area contributed by atoms with Gasteiger partial charge in [-0.3, -0.25) is 14.1 Å². The van der Waals surface area contributed by atoms with Crippen LogP contribution in [0.1, 0.15) is 168 Å². The highest BCUT2D eigenvalue weighted by Gasteiger charge is 2.46. The van der Waals surface area contributed by atoms with E-state index in [1.54, 1.807) is 0 Å². The summed E-state index contributed by atoms with van der Waals surface area (Å²) in [5.41, 5.74) is 0. The lowest BCUT2D eigenvalue weighted by atomic mass is 10.00. The summed E-state index contributed by atoms with van der Waals surface area (Å²) in [7, 11) is -4.61. The fourth-order valence-corrected chi connectivity index (χ4v) is 7.23. The maximum Gasteiger partial charge on any atom is 0.306 e. The van der Waals surface area contributed by atoms with E-state index in [4.69, 9.17) is 18.9 Å². The van der Waals surface area contributed by atoms with Crippen LogP contribution in [-0.2, 0) is 38.7 Å². The van der Waals surface area contributed by atoms with Crippen LogP contribution in [0.15, 0.2) is 60.8 Å². The molecule has 12 nitrogen and oxygen atoms in total. The molecule has 6 atom stereocenters. The molecule has 60 heavy (non-hydrogen) atoms. The summed E-state index contributed by atoms with van der Waals surface area (Å²) in [6.45, 7) is 3.59. The molecule has 1 saturated heterocycles. The number of allylic oxidation sites excluding steroid dienone is 10. The molecule has 346 valence electrons. The molecule has 0 aliphatic carbocycles. The predicted octanol–water partition coefficient (Wildman–Crippen LogP) is 9.34. The van der Waals surface area contributed by atoms with Gasteiger partial charge in [-0.05, 0) is 77.0 Å². The van der Waals surface area contributed by atoms with E-state index in [0.717, 1.165) is 64.2 Å². The number of hydrogen-bond donors (Lipinski definition) is 4. The van der Waals surface area contributed by atoms with Crippen molar-refractivity contribution in [1.82, 2.24) is 0 Å². The Bertz CT molecular complexity index is 1340. The van der Waals surface area contributed by atoms with Crippen molar-refractivity contribution in [2.24, 2.45) is 0 Å². The van der Waals surface area contributed by atoms with Gasteiger partial charge in [0.05, 0.1) is 6.61 Å². The Balaban J connectivity index is 2.47. The highest BCUT2D eigenvalue weighted by Crippen LogP contribution is 2.24. The lowest BCUT2D eigenvalue weighted by Gasteiger charge is -2.40. The monoisotopic (exact) mass is 869 g/mol. The molecule has 1 fully saturated rings. The van der Waals surface area contributed by atoms with E-state index in [1.165, 1.54) is 64.2 Å². The molecule has 0 amide bonds. The van der Waals surface area contributed by atoms with Crippen LogP contribution in [0.3, 0.4) is 0 Å². The van der Waals surface area contributed by atoms with Crippen molar-refractivity contribution in [3.05, 3.63) is 60.8 Å². The van der Waals surface area contributed by atoms with Crippen LogP contribution in [0.4, 0.5) is 0 Å². The smallest absolute Gasteiger partial charge is 0.306 e. The molecule has 1 aliphatic heterocycles. The van der Waals surface area contributed by atoms with Gasteiger partial charge < -0.3 is 34.3 Å². The molecular weight excluding hydrogens is 789 g/mol. The van der Waals surface area contributed by atoms with Crippen molar-refractivity contribution in [2.45, 2.75) is 205 Å². The Morgan fingerprint density at radius 2 is 1.05 bits per heavy atom. The largest absolute Gasteiger partial charge is 0.462 e. The Kier molecular flexibility index (Phi) is 34.1. The summed E-state index contributed by atoms with van der Waals surface area (Å²) in [5, 5.41) is 30.9. The number of carbonyl (C=O) groups excluding carboxylic acids is 2. The molecule has 1 heterocycles. The molecular formula is C47H80O12S. The van der Waals surface area contributed by atoms with Gasteiger partial charge in [-0.2, -0.15) is 8.42 Å². The second-order valence-electron chi connectivity index (χ2n) is 15.7. The van der Waals surface area contributed by atoms with E-state index >= 15 is 0 Å². The third-order valence-corrected chi connectivity index (χ3v) is 10.8. The Morgan fingerprint density at radius 1 is 0.583 bits per heavy atom. The Labute approximate surface area is 362 Å². The fourth-order valence-electron chi connectivity index (χ4n) is 6.54. The molecule has 0 aromatic heterocycles. The topological polar surface area (TPSA) is 186 Å². The first-order chi connectivity index (χ1) is 29.0. The number of hydrogen-bond acceptors (Lipinski definition) is 11. The molecule has 0 spiro atoms. The van der Waals surface area contributed by atoms with Crippen LogP contribution >= 0.6 is 0 Å². The van der Waals surface area contributed by atoms with Gasteiger partial charge in [-0.25, -0.2) is 0 Å². The first kappa shape index (κ1) is 55.4. The molecule has 2 unspecified atom stereocenters. The third kappa shape index (κ3) is 31.2. The van der Waals surface area contributed by atoms with E-state index in [2.05, 4.69) is 74.6 Å². The average Bonchev–Trinajstić information content (AvgIpc) is 3.21. The normalized spacial score (nSPS) is 20.7. The molecule has 0 aromatic carbocycles. The second kappa shape index (κ2) is 37.0. The first-order valence-electron chi connectivity index (χ1n) is 22.8. The minimum absolute atomic E-state index is 0.151. The summed E-state index contributed by atoms with van der Waals surface area (Å²) in [6, 6.07) is 0. The van der Waals surface area contributed by atoms with Crippen molar-refractivity contribution in [1.29, 1.82) is 0 Å². The van der Waals surface area contributed by atoms with Crippen LogP contribution in [0.5, 0.6) is 0 Å². The highest BCUT2D eigenvalue weighted by molar-refractivity contribution is 7.85. The third-order valence-electron chi connectivity index (χ3n) is 10.1. The number of aliphatic hydroxyl groups excluding tert-OH is 3. The van der Waals surface area contributed by atoms with Crippen LogP contribution in [0.25, 0.3) is 0 Å². The molecule has 1 aliphatic rings. The summed E-state index contributed by atoms with van der Waals surface area (Å²) in [4.78, 5) is 25.4. The molecule has 13 heteroatoms. The van der Waals surface area contributed by atoms with Crippen molar-refractivity contribution in [2.75, 3.05) is 19.0 Å². The maximum absolute atomic E-state index is 12.8. The van der Waals surface area contributed by atoms with Crippen LogP contribution in [-0.4, -0.2) is 96.0 Å². The van der Waals surface area contributed by atoms with Gasteiger partial charge in [0.15, 0.2) is 12.4 Å². The average molecular weight is 869 g/mol.